The van der Waals surface area contributed by atoms with Gasteiger partial charge in [0.05, 0.1) is 6.04 Å². The van der Waals surface area contributed by atoms with Gasteiger partial charge in [-0.3, -0.25) is 4.79 Å². The quantitative estimate of drug-likeness (QED) is 0.919. The molecule has 0 fully saturated rings. The van der Waals surface area contributed by atoms with Crippen LogP contribution in [-0.4, -0.2) is 16.0 Å². The summed E-state index contributed by atoms with van der Waals surface area (Å²) in [5.41, 5.74) is 3.80. The number of benzene rings is 1. The first-order valence-corrected chi connectivity index (χ1v) is 6.14. The van der Waals surface area contributed by atoms with E-state index in [9.17, 15) is 4.79 Å². The summed E-state index contributed by atoms with van der Waals surface area (Å²) < 4.78 is 4.67. The number of aromatic nitrogens is 2. The molecule has 0 aliphatic rings. The van der Waals surface area contributed by atoms with Gasteiger partial charge in [-0.05, 0) is 38.8 Å². The zero-order chi connectivity index (χ0) is 14.0. The Morgan fingerprint density at radius 3 is 2.42 bits per heavy atom. The summed E-state index contributed by atoms with van der Waals surface area (Å²) in [6.07, 6.45) is 1.25. The monoisotopic (exact) mass is 259 g/mol. The lowest BCUT2D eigenvalue weighted by Gasteiger charge is -2.14. The van der Waals surface area contributed by atoms with Crippen LogP contribution in [0.3, 0.4) is 0 Å². The summed E-state index contributed by atoms with van der Waals surface area (Å²) in [6.45, 7) is 7.72. The van der Waals surface area contributed by atoms with Crippen molar-refractivity contribution in [1.29, 1.82) is 0 Å². The zero-order valence-electron chi connectivity index (χ0n) is 11.5. The van der Waals surface area contributed by atoms with E-state index in [0.717, 1.165) is 16.7 Å². The SMILES string of the molecule is Cc1cc(C)c(C(=O)NC(C)c2ncon2)c(C)c1. The van der Waals surface area contributed by atoms with Gasteiger partial charge in [0, 0.05) is 5.56 Å². The van der Waals surface area contributed by atoms with Crippen molar-refractivity contribution in [2.24, 2.45) is 0 Å². The molecular formula is C14H17N3O2. The van der Waals surface area contributed by atoms with Gasteiger partial charge in [0.25, 0.3) is 5.91 Å². The van der Waals surface area contributed by atoms with E-state index in [0.29, 0.717) is 11.4 Å². The molecule has 5 nitrogen and oxygen atoms in total. The maximum Gasteiger partial charge on any atom is 0.252 e. The van der Waals surface area contributed by atoms with E-state index in [4.69, 9.17) is 0 Å². The summed E-state index contributed by atoms with van der Waals surface area (Å²) in [4.78, 5) is 16.2. The lowest BCUT2D eigenvalue weighted by molar-refractivity contribution is 0.0936. The Kier molecular flexibility index (Phi) is 3.64. The van der Waals surface area contributed by atoms with Gasteiger partial charge in [0.1, 0.15) is 0 Å². The minimum absolute atomic E-state index is 0.118. The van der Waals surface area contributed by atoms with Crippen molar-refractivity contribution in [1.82, 2.24) is 15.5 Å². The highest BCUT2D eigenvalue weighted by Crippen LogP contribution is 2.17. The number of aryl methyl sites for hydroxylation is 3. The summed E-state index contributed by atoms with van der Waals surface area (Å²) >= 11 is 0. The molecule has 1 aromatic heterocycles. The smallest absolute Gasteiger partial charge is 0.252 e. The Hall–Kier alpha value is -2.17. The predicted molar refractivity (Wildman–Crippen MR) is 70.8 cm³/mol. The number of amides is 1. The summed E-state index contributed by atoms with van der Waals surface area (Å²) in [7, 11) is 0. The molecule has 5 heteroatoms. The van der Waals surface area contributed by atoms with Crippen molar-refractivity contribution in [3.05, 3.63) is 46.6 Å². The summed E-state index contributed by atoms with van der Waals surface area (Å²) in [6, 6.07) is 3.72. The molecule has 1 heterocycles. The van der Waals surface area contributed by atoms with Gasteiger partial charge < -0.3 is 9.84 Å². The average Bonchev–Trinajstić information content (AvgIpc) is 2.80. The van der Waals surface area contributed by atoms with Gasteiger partial charge in [0.2, 0.25) is 6.39 Å². The molecule has 0 bridgehead atoms. The second-order valence-electron chi connectivity index (χ2n) is 4.76. The highest BCUT2D eigenvalue weighted by molar-refractivity contribution is 5.97. The zero-order valence-corrected chi connectivity index (χ0v) is 11.5. The van der Waals surface area contributed by atoms with Crippen LogP contribution in [0.15, 0.2) is 23.0 Å². The van der Waals surface area contributed by atoms with Crippen LogP contribution in [0.25, 0.3) is 0 Å². The van der Waals surface area contributed by atoms with Crippen LogP contribution >= 0.6 is 0 Å². The summed E-state index contributed by atoms with van der Waals surface area (Å²) in [5, 5.41) is 6.60. The van der Waals surface area contributed by atoms with Gasteiger partial charge >= 0.3 is 0 Å². The predicted octanol–water partition coefficient (Wildman–Crippen LogP) is 2.49. The van der Waals surface area contributed by atoms with Crippen LogP contribution in [0.2, 0.25) is 0 Å². The fourth-order valence-electron chi connectivity index (χ4n) is 2.24. The third-order valence-corrected chi connectivity index (χ3v) is 3.02. The number of nitrogens with zero attached hydrogens (tertiary/aromatic N) is 2. The molecule has 0 spiro atoms. The topological polar surface area (TPSA) is 68.0 Å². The van der Waals surface area contributed by atoms with Crippen LogP contribution < -0.4 is 5.32 Å². The van der Waals surface area contributed by atoms with Gasteiger partial charge in [-0.1, -0.05) is 22.9 Å². The van der Waals surface area contributed by atoms with E-state index < -0.39 is 0 Å². The highest BCUT2D eigenvalue weighted by atomic mass is 16.5. The largest absolute Gasteiger partial charge is 0.343 e. The number of nitrogens with one attached hydrogen (secondary N) is 1. The lowest BCUT2D eigenvalue weighted by atomic mass is 9.99. The minimum atomic E-state index is -0.286. The van der Waals surface area contributed by atoms with Gasteiger partial charge in [0.15, 0.2) is 5.82 Å². The Bertz CT molecular complexity index is 568. The molecule has 0 aliphatic carbocycles. The number of hydrogen-bond acceptors (Lipinski definition) is 4. The molecule has 0 saturated heterocycles. The molecule has 0 saturated carbocycles. The first-order valence-electron chi connectivity index (χ1n) is 6.14. The van der Waals surface area contributed by atoms with E-state index >= 15 is 0 Å². The standard InChI is InChI=1S/C14H17N3O2/c1-8-5-9(2)12(10(3)6-8)14(18)16-11(4)13-15-7-19-17-13/h5-7,11H,1-4H3,(H,16,18). The molecule has 1 atom stereocenters. The van der Waals surface area contributed by atoms with Crippen LogP contribution in [0.5, 0.6) is 0 Å². The van der Waals surface area contributed by atoms with Crippen molar-refractivity contribution >= 4 is 5.91 Å². The fraction of sp³-hybridized carbons (Fsp3) is 0.357. The average molecular weight is 259 g/mol. The maximum absolute atomic E-state index is 12.3. The third kappa shape index (κ3) is 2.81. The number of carbonyl (C=O) groups excluding carboxylic acids is 1. The maximum atomic E-state index is 12.3. The Morgan fingerprint density at radius 2 is 1.89 bits per heavy atom. The van der Waals surface area contributed by atoms with Gasteiger partial charge in [-0.2, -0.15) is 4.98 Å². The van der Waals surface area contributed by atoms with E-state index in [2.05, 4.69) is 20.0 Å². The molecule has 0 aliphatic heterocycles. The molecule has 100 valence electrons. The first-order chi connectivity index (χ1) is 8.99. The molecule has 1 amide bonds. The van der Waals surface area contributed by atoms with Crippen LogP contribution in [0.1, 0.15) is 45.8 Å². The molecular weight excluding hydrogens is 242 g/mol. The first kappa shape index (κ1) is 13.3. The number of hydrogen-bond donors (Lipinski definition) is 1. The third-order valence-electron chi connectivity index (χ3n) is 3.02. The summed E-state index contributed by atoms with van der Waals surface area (Å²) in [5.74, 6) is 0.350. The van der Waals surface area contributed by atoms with Crippen molar-refractivity contribution in [3.63, 3.8) is 0 Å². The van der Waals surface area contributed by atoms with Crippen molar-refractivity contribution < 1.29 is 9.32 Å². The van der Waals surface area contributed by atoms with E-state index in [1.54, 1.807) is 0 Å². The minimum Gasteiger partial charge on any atom is -0.343 e. The molecule has 1 N–H and O–H groups in total. The molecule has 2 aromatic rings. The van der Waals surface area contributed by atoms with Crippen molar-refractivity contribution in [2.45, 2.75) is 33.7 Å². The van der Waals surface area contributed by atoms with Crippen molar-refractivity contribution in [2.75, 3.05) is 0 Å². The molecule has 0 radical (unpaired) electrons. The Labute approximate surface area is 112 Å². The van der Waals surface area contributed by atoms with E-state index in [1.165, 1.54) is 6.39 Å². The highest BCUT2D eigenvalue weighted by Gasteiger charge is 2.18. The van der Waals surface area contributed by atoms with Crippen molar-refractivity contribution in [3.8, 4) is 0 Å². The van der Waals surface area contributed by atoms with Crippen LogP contribution in [-0.2, 0) is 0 Å². The fourth-order valence-corrected chi connectivity index (χ4v) is 2.24. The molecule has 1 aromatic carbocycles. The van der Waals surface area contributed by atoms with Crippen LogP contribution in [0, 0.1) is 20.8 Å². The van der Waals surface area contributed by atoms with E-state index in [1.807, 2.05) is 39.8 Å². The van der Waals surface area contributed by atoms with Gasteiger partial charge in [-0.25, -0.2) is 0 Å². The Balaban J connectivity index is 2.21. The molecule has 2 rings (SSSR count). The molecule has 19 heavy (non-hydrogen) atoms. The second-order valence-corrected chi connectivity index (χ2v) is 4.76. The van der Waals surface area contributed by atoms with Gasteiger partial charge in [-0.15, -0.1) is 0 Å². The van der Waals surface area contributed by atoms with E-state index in [-0.39, 0.29) is 11.9 Å². The lowest BCUT2D eigenvalue weighted by Crippen LogP contribution is -2.28. The van der Waals surface area contributed by atoms with Crippen LogP contribution in [0.4, 0.5) is 0 Å². The second kappa shape index (κ2) is 5.22. The molecule has 1 unspecified atom stereocenters. The normalized spacial score (nSPS) is 12.2. The Morgan fingerprint density at radius 1 is 1.26 bits per heavy atom. The number of carbonyl (C=O) groups is 1. The number of rotatable bonds is 3.